The number of aryl methyl sites for hydroxylation is 1. The molecule has 174 valence electrons. The Balaban J connectivity index is 1.37. The third kappa shape index (κ3) is 5.03. The number of hydrogen-bond acceptors (Lipinski definition) is 7. The Morgan fingerprint density at radius 2 is 1.80 bits per heavy atom. The zero-order valence-corrected chi connectivity index (χ0v) is 19.3. The molecule has 3 heterocycles. The van der Waals surface area contributed by atoms with Gasteiger partial charge in [0.25, 0.3) is 0 Å². The zero-order chi connectivity index (χ0) is 24.0. The average Bonchev–Trinajstić information content (AvgIpc) is 3.56. The van der Waals surface area contributed by atoms with Crippen molar-refractivity contribution in [3.05, 3.63) is 95.8 Å². The lowest BCUT2D eigenvalue weighted by Crippen LogP contribution is -2.09. The molecule has 2 aromatic carbocycles. The molecule has 0 saturated heterocycles. The van der Waals surface area contributed by atoms with E-state index in [1.165, 1.54) is 0 Å². The smallest absolute Gasteiger partial charge is 0.217 e. The van der Waals surface area contributed by atoms with Crippen LogP contribution >= 0.6 is 0 Å². The number of H-pyrrole nitrogens is 1. The number of ketones is 1. The summed E-state index contributed by atoms with van der Waals surface area (Å²) >= 11 is 0. The normalized spacial score (nSPS) is 11.0. The Hall–Kier alpha value is -4.53. The second-order valence-corrected chi connectivity index (χ2v) is 8.20. The maximum absolute atomic E-state index is 12.8. The SMILES string of the molecule is CCCc1nc(C(=O)Cc2ccccc2)nn1Cc1ccc(-c2cnccc2-c2nn[nH]n2)cc1. The van der Waals surface area contributed by atoms with E-state index in [0.717, 1.165) is 46.5 Å². The van der Waals surface area contributed by atoms with E-state index in [0.29, 0.717) is 18.8 Å². The highest BCUT2D eigenvalue weighted by Gasteiger charge is 2.17. The molecule has 0 aliphatic heterocycles. The van der Waals surface area contributed by atoms with Crippen molar-refractivity contribution in [2.75, 3.05) is 0 Å². The predicted octanol–water partition coefficient (Wildman–Crippen LogP) is 3.95. The molecule has 9 heteroatoms. The van der Waals surface area contributed by atoms with Crippen molar-refractivity contribution in [2.45, 2.75) is 32.7 Å². The summed E-state index contributed by atoms with van der Waals surface area (Å²) in [6.07, 6.45) is 5.47. The van der Waals surface area contributed by atoms with Crippen molar-refractivity contribution < 1.29 is 4.79 Å². The van der Waals surface area contributed by atoms with Crippen LogP contribution in [0.5, 0.6) is 0 Å². The minimum Gasteiger partial charge on any atom is -0.290 e. The largest absolute Gasteiger partial charge is 0.290 e. The van der Waals surface area contributed by atoms with Crippen molar-refractivity contribution in [1.29, 1.82) is 0 Å². The van der Waals surface area contributed by atoms with Gasteiger partial charge >= 0.3 is 0 Å². The van der Waals surface area contributed by atoms with Gasteiger partial charge in [0.1, 0.15) is 5.82 Å². The fraction of sp³-hybridized carbons (Fsp3) is 0.192. The van der Waals surface area contributed by atoms with Crippen molar-refractivity contribution in [3.8, 4) is 22.5 Å². The molecule has 0 aliphatic rings. The lowest BCUT2D eigenvalue weighted by atomic mass is 10.0. The van der Waals surface area contributed by atoms with Crippen LogP contribution < -0.4 is 0 Å². The Bertz CT molecular complexity index is 1410. The molecule has 3 aromatic heterocycles. The fourth-order valence-corrected chi connectivity index (χ4v) is 3.95. The minimum absolute atomic E-state index is 0.0757. The summed E-state index contributed by atoms with van der Waals surface area (Å²) in [7, 11) is 0. The number of carbonyl (C=O) groups is 1. The van der Waals surface area contributed by atoms with Gasteiger partial charge < -0.3 is 0 Å². The molecule has 5 aromatic rings. The molecule has 0 radical (unpaired) electrons. The Morgan fingerprint density at radius 1 is 0.971 bits per heavy atom. The summed E-state index contributed by atoms with van der Waals surface area (Å²) in [5, 5.41) is 18.9. The third-order valence-electron chi connectivity index (χ3n) is 5.68. The van der Waals surface area contributed by atoms with Crippen molar-refractivity contribution >= 4 is 5.78 Å². The molecule has 0 spiro atoms. The average molecular weight is 465 g/mol. The highest BCUT2D eigenvalue weighted by Crippen LogP contribution is 2.29. The molecule has 0 aliphatic carbocycles. The summed E-state index contributed by atoms with van der Waals surface area (Å²) in [4.78, 5) is 21.6. The Kier molecular flexibility index (Phi) is 6.47. The number of tetrazole rings is 1. The highest BCUT2D eigenvalue weighted by atomic mass is 16.1. The number of benzene rings is 2. The van der Waals surface area contributed by atoms with E-state index in [9.17, 15) is 4.79 Å². The van der Waals surface area contributed by atoms with E-state index in [4.69, 9.17) is 0 Å². The van der Waals surface area contributed by atoms with Gasteiger partial charge in [-0.1, -0.05) is 61.5 Å². The topological polar surface area (TPSA) is 115 Å². The first-order valence-electron chi connectivity index (χ1n) is 11.5. The van der Waals surface area contributed by atoms with Crippen LogP contribution in [0, 0.1) is 0 Å². The van der Waals surface area contributed by atoms with E-state index >= 15 is 0 Å². The van der Waals surface area contributed by atoms with Crippen LogP contribution in [0.3, 0.4) is 0 Å². The molecule has 0 bridgehead atoms. The van der Waals surface area contributed by atoms with E-state index < -0.39 is 0 Å². The summed E-state index contributed by atoms with van der Waals surface area (Å²) in [6.45, 7) is 2.63. The van der Waals surface area contributed by atoms with Crippen molar-refractivity contribution in [3.63, 3.8) is 0 Å². The molecule has 0 unspecified atom stereocenters. The molecule has 0 amide bonds. The third-order valence-corrected chi connectivity index (χ3v) is 5.68. The second-order valence-electron chi connectivity index (χ2n) is 8.20. The first kappa shape index (κ1) is 22.3. The molecule has 35 heavy (non-hydrogen) atoms. The van der Waals surface area contributed by atoms with Crippen molar-refractivity contribution in [1.82, 2.24) is 40.4 Å². The molecule has 0 atom stereocenters. The highest BCUT2D eigenvalue weighted by molar-refractivity contribution is 5.94. The lowest BCUT2D eigenvalue weighted by molar-refractivity contribution is 0.0982. The van der Waals surface area contributed by atoms with Gasteiger partial charge in [0.05, 0.1) is 6.54 Å². The van der Waals surface area contributed by atoms with E-state index in [-0.39, 0.29) is 11.6 Å². The van der Waals surface area contributed by atoms with Gasteiger partial charge in [0.15, 0.2) is 0 Å². The first-order valence-corrected chi connectivity index (χ1v) is 11.5. The van der Waals surface area contributed by atoms with Crippen LogP contribution in [-0.2, 0) is 19.4 Å². The molecule has 5 rings (SSSR count). The molecular formula is C26H24N8O. The van der Waals surface area contributed by atoms with Crippen LogP contribution in [0.1, 0.15) is 40.9 Å². The van der Waals surface area contributed by atoms with Gasteiger partial charge in [-0.05, 0) is 34.4 Å². The molecule has 9 nitrogen and oxygen atoms in total. The number of hydrogen-bond donors (Lipinski definition) is 1. The first-order chi connectivity index (χ1) is 17.2. The van der Waals surface area contributed by atoms with Crippen molar-refractivity contribution in [2.24, 2.45) is 0 Å². The summed E-state index contributed by atoms with van der Waals surface area (Å²) in [5.74, 6) is 1.54. The minimum atomic E-state index is -0.0757. The van der Waals surface area contributed by atoms with Crippen LogP contribution in [0.25, 0.3) is 22.5 Å². The predicted molar refractivity (Wildman–Crippen MR) is 130 cm³/mol. The van der Waals surface area contributed by atoms with Crippen LogP contribution in [0.4, 0.5) is 0 Å². The van der Waals surface area contributed by atoms with Gasteiger partial charge in [0.2, 0.25) is 17.4 Å². The Morgan fingerprint density at radius 3 is 2.54 bits per heavy atom. The Labute approximate surface area is 202 Å². The lowest BCUT2D eigenvalue weighted by Gasteiger charge is -2.09. The van der Waals surface area contributed by atoms with Gasteiger partial charge in [-0.15, -0.1) is 15.3 Å². The zero-order valence-electron chi connectivity index (χ0n) is 19.3. The number of Topliss-reactive ketones (excluding diaryl/α,β-unsaturated/α-hetero) is 1. The maximum Gasteiger partial charge on any atom is 0.217 e. The summed E-state index contributed by atoms with van der Waals surface area (Å²) < 4.78 is 1.84. The molecule has 0 saturated carbocycles. The van der Waals surface area contributed by atoms with Crippen LogP contribution in [0.2, 0.25) is 0 Å². The van der Waals surface area contributed by atoms with E-state index in [1.807, 2.05) is 65.3 Å². The van der Waals surface area contributed by atoms with Gasteiger partial charge in [-0.25, -0.2) is 9.67 Å². The maximum atomic E-state index is 12.8. The quantitative estimate of drug-likeness (QED) is 0.328. The van der Waals surface area contributed by atoms with E-state index in [1.54, 1.807) is 12.4 Å². The molecular weight excluding hydrogens is 440 g/mol. The monoisotopic (exact) mass is 464 g/mol. The number of rotatable bonds is 9. The molecule has 0 fully saturated rings. The van der Waals surface area contributed by atoms with E-state index in [2.05, 4.69) is 42.6 Å². The van der Waals surface area contributed by atoms with Crippen LogP contribution in [0.15, 0.2) is 73.1 Å². The number of nitrogens with one attached hydrogen (secondary N) is 1. The standard InChI is InChI=1S/C26H24N8O/c1-2-6-24-28-26(23(35)15-18-7-4-3-5-8-18)31-34(24)17-19-9-11-20(12-10-19)22-16-27-14-13-21(22)25-29-32-33-30-25/h3-5,7-14,16H,2,6,15,17H2,1H3,(H,29,30,32,33). The summed E-state index contributed by atoms with van der Waals surface area (Å²) in [6, 6.07) is 19.7. The number of nitrogens with zero attached hydrogens (tertiary/aromatic N) is 7. The number of aromatic amines is 1. The van der Waals surface area contributed by atoms with Gasteiger partial charge in [-0.3, -0.25) is 9.78 Å². The molecule has 1 N–H and O–H groups in total. The number of pyridine rings is 1. The van der Waals surface area contributed by atoms with Crippen LogP contribution in [-0.4, -0.2) is 46.2 Å². The number of carbonyl (C=O) groups excluding carboxylic acids is 1. The van der Waals surface area contributed by atoms with Gasteiger partial charge in [-0.2, -0.15) is 5.21 Å². The summed E-state index contributed by atoms with van der Waals surface area (Å²) in [5.41, 5.74) is 4.78. The second kappa shape index (κ2) is 10.2. The fourth-order valence-electron chi connectivity index (χ4n) is 3.95. The van der Waals surface area contributed by atoms with Gasteiger partial charge in [0, 0.05) is 36.4 Å². The number of aromatic nitrogens is 8.